The fourth-order valence-electron chi connectivity index (χ4n) is 2.35. The van der Waals surface area contributed by atoms with E-state index < -0.39 is 5.91 Å². The number of hydrogen-bond acceptors (Lipinski definition) is 7. The van der Waals surface area contributed by atoms with Crippen molar-refractivity contribution in [3.63, 3.8) is 0 Å². The van der Waals surface area contributed by atoms with Crippen molar-refractivity contribution in [2.75, 3.05) is 26.6 Å². The molecule has 0 aliphatic heterocycles. The highest BCUT2D eigenvalue weighted by Crippen LogP contribution is 2.34. The minimum absolute atomic E-state index is 0.107. The summed E-state index contributed by atoms with van der Waals surface area (Å²) in [5, 5.41) is 6.52. The van der Waals surface area contributed by atoms with Crippen LogP contribution in [0, 0.1) is 0 Å². The van der Waals surface area contributed by atoms with Crippen LogP contribution in [-0.4, -0.2) is 37.4 Å². The average Bonchev–Trinajstić information content (AvgIpc) is 3.18. The highest BCUT2D eigenvalue weighted by Gasteiger charge is 2.18. The maximum absolute atomic E-state index is 12.4. The zero-order valence-electron chi connectivity index (χ0n) is 14.5. The Hall–Kier alpha value is -3.55. The molecule has 2 heterocycles. The second-order valence-corrected chi connectivity index (χ2v) is 5.16. The molecule has 0 unspecified atom stereocenters. The molecule has 0 aliphatic rings. The van der Waals surface area contributed by atoms with Crippen molar-refractivity contribution in [2.24, 2.45) is 0 Å². The largest absolute Gasteiger partial charge is 0.497 e. The number of pyridine rings is 1. The Morgan fingerprint density at radius 1 is 1.08 bits per heavy atom. The van der Waals surface area contributed by atoms with Crippen molar-refractivity contribution in [1.82, 2.24) is 10.1 Å². The molecule has 8 nitrogen and oxygen atoms in total. The van der Waals surface area contributed by atoms with Crippen molar-refractivity contribution in [2.45, 2.75) is 0 Å². The number of benzene rings is 1. The lowest BCUT2D eigenvalue weighted by Crippen LogP contribution is -2.13. The first kappa shape index (κ1) is 17.3. The van der Waals surface area contributed by atoms with Gasteiger partial charge < -0.3 is 24.1 Å². The first-order valence-electron chi connectivity index (χ1n) is 7.65. The number of carbonyl (C=O) groups excluding carboxylic acids is 1. The molecule has 1 N–H and O–H groups in total. The molecule has 0 aliphatic carbocycles. The highest BCUT2D eigenvalue weighted by atomic mass is 16.5. The van der Waals surface area contributed by atoms with Crippen LogP contribution in [0.2, 0.25) is 0 Å². The Labute approximate surface area is 149 Å². The quantitative estimate of drug-likeness (QED) is 0.726. The van der Waals surface area contributed by atoms with E-state index in [0.717, 1.165) is 0 Å². The predicted octanol–water partition coefficient (Wildman–Crippen LogP) is 3.01. The second-order valence-electron chi connectivity index (χ2n) is 5.16. The SMILES string of the molecule is COc1ccc(OC)c(-c2cc(C(=O)Nc3cccnc3OC)no2)c1. The van der Waals surface area contributed by atoms with Crippen LogP contribution in [0.1, 0.15) is 10.5 Å². The first-order valence-corrected chi connectivity index (χ1v) is 7.65. The Balaban J connectivity index is 1.87. The van der Waals surface area contributed by atoms with Gasteiger partial charge in [0.25, 0.3) is 5.91 Å². The van der Waals surface area contributed by atoms with Crippen molar-refractivity contribution < 1.29 is 23.5 Å². The molecule has 134 valence electrons. The molecule has 1 aromatic carbocycles. The Morgan fingerprint density at radius 2 is 1.92 bits per heavy atom. The van der Waals surface area contributed by atoms with E-state index in [4.69, 9.17) is 18.7 Å². The normalized spacial score (nSPS) is 10.3. The first-order chi connectivity index (χ1) is 12.7. The molecule has 3 aromatic rings. The van der Waals surface area contributed by atoms with Gasteiger partial charge in [0.05, 0.1) is 26.9 Å². The summed E-state index contributed by atoms with van der Waals surface area (Å²) >= 11 is 0. The third kappa shape index (κ3) is 3.44. The predicted molar refractivity (Wildman–Crippen MR) is 93.8 cm³/mol. The fraction of sp³-hybridized carbons (Fsp3) is 0.167. The average molecular weight is 355 g/mol. The molecule has 0 fully saturated rings. The summed E-state index contributed by atoms with van der Waals surface area (Å²) in [4.78, 5) is 16.5. The molecule has 8 heteroatoms. The van der Waals surface area contributed by atoms with Gasteiger partial charge in [-0.25, -0.2) is 4.98 Å². The molecule has 0 spiro atoms. The minimum atomic E-state index is -0.451. The molecule has 0 saturated carbocycles. The van der Waals surface area contributed by atoms with Gasteiger partial charge in [-0.15, -0.1) is 0 Å². The molecule has 26 heavy (non-hydrogen) atoms. The molecule has 1 amide bonds. The molecule has 0 radical (unpaired) electrons. The summed E-state index contributed by atoms with van der Waals surface area (Å²) in [6.45, 7) is 0. The lowest BCUT2D eigenvalue weighted by Gasteiger charge is -2.07. The number of nitrogens with zero attached hydrogens (tertiary/aromatic N) is 2. The van der Waals surface area contributed by atoms with E-state index in [-0.39, 0.29) is 5.69 Å². The van der Waals surface area contributed by atoms with E-state index in [2.05, 4.69) is 15.5 Å². The summed E-state index contributed by atoms with van der Waals surface area (Å²) in [5.41, 5.74) is 1.16. The van der Waals surface area contributed by atoms with Crippen LogP contribution >= 0.6 is 0 Å². The van der Waals surface area contributed by atoms with Crippen molar-refractivity contribution >= 4 is 11.6 Å². The molecule has 0 atom stereocenters. The summed E-state index contributed by atoms with van der Waals surface area (Å²) in [5.74, 6) is 1.43. The van der Waals surface area contributed by atoms with E-state index in [1.807, 2.05) is 0 Å². The smallest absolute Gasteiger partial charge is 0.278 e. The Kier molecular flexibility index (Phi) is 5.02. The number of amides is 1. The van der Waals surface area contributed by atoms with Crippen LogP contribution in [0.15, 0.2) is 47.1 Å². The van der Waals surface area contributed by atoms with Gasteiger partial charge in [-0.3, -0.25) is 4.79 Å². The van der Waals surface area contributed by atoms with Crippen LogP contribution in [0.5, 0.6) is 17.4 Å². The van der Waals surface area contributed by atoms with E-state index in [0.29, 0.717) is 34.4 Å². The third-order valence-electron chi connectivity index (χ3n) is 3.63. The van der Waals surface area contributed by atoms with Crippen LogP contribution in [-0.2, 0) is 0 Å². The van der Waals surface area contributed by atoms with Crippen LogP contribution in [0.3, 0.4) is 0 Å². The number of rotatable bonds is 6. The summed E-state index contributed by atoms with van der Waals surface area (Å²) in [6, 6.07) is 10.1. The maximum atomic E-state index is 12.4. The third-order valence-corrected chi connectivity index (χ3v) is 3.63. The molecular weight excluding hydrogens is 338 g/mol. The van der Waals surface area contributed by atoms with E-state index in [9.17, 15) is 4.79 Å². The number of hydrogen-bond donors (Lipinski definition) is 1. The zero-order chi connectivity index (χ0) is 18.5. The highest BCUT2D eigenvalue weighted by molar-refractivity contribution is 6.04. The molecule has 0 bridgehead atoms. The van der Waals surface area contributed by atoms with Crippen molar-refractivity contribution in [1.29, 1.82) is 0 Å². The minimum Gasteiger partial charge on any atom is -0.497 e. The topological polar surface area (TPSA) is 95.7 Å². The number of anilines is 1. The van der Waals surface area contributed by atoms with Gasteiger partial charge in [0, 0.05) is 12.3 Å². The maximum Gasteiger partial charge on any atom is 0.278 e. The number of aromatic nitrogens is 2. The summed E-state index contributed by atoms with van der Waals surface area (Å²) in [6.07, 6.45) is 1.57. The van der Waals surface area contributed by atoms with Gasteiger partial charge in [-0.05, 0) is 30.3 Å². The monoisotopic (exact) mass is 355 g/mol. The number of carbonyl (C=O) groups is 1. The van der Waals surface area contributed by atoms with E-state index in [1.165, 1.54) is 13.2 Å². The molecular formula is C18H17N3O5. The molecule has 2 aromatic heterocycles. The van der Waals surface area contributed by atoms with Crippen LogP contribution in [0.25, 0.3) is 11.3 Å². The van der Waals surface area contributed by atoms with Crippen LogP contribution in [0.4, 0.5) is 5.69 Å². The Bertz CT molecular complexity index is 923. The van der Waals surface area contributed by atoms with Gasteiger partial charge >= 0.3 is 0 Å². The van der Waals surface area contributed by atoms with Gasteiger partial charge in [-0.1, -0.05) is 5.16 Å². The molecule has 3 rings (SSSR count). The van der Waals surface area contributed by atoms with E-state index >= 15 is 0 Å². The zero-order valence-corrected chi connectivity index (χ0v) is 14.5. The van der Waals surface area contributed by atoms with Crippen molar-refractivity contribution in [3.8, 4) is 28.7 Å². The van der Waals surface area contributed by atoms with Gasteiger partial charge in [0.1, 0.15) is 17.2 Å². The van der Waals surface area contributed by atoms with Gasteiger partial charge in [0.2, 0.25) is 5.88 Å². The lowest BCUT2D eigenvalue weighted by atomic mass is 10.1. The Morgan fingerprint density at radius 3 is 2.65 bits per heavy atom. The lowest BCUT2D eigenvalue weighted by molar-refractivity contribution is 0.101. The number of ether oxygens (including phenoxy) is 3. The van der Waals surface area contributed by atoms with Crippen LogP contribution < -0.4 is 19.5 Å². The van der Waals surface area contributed by atoms with Gasteiger partial charge in [0.15, 0.2) is 11.5 Å². The second kappa shape index (κ2) is 7.56. The fourth-order valence-corrected chi connectivity index (χ4v) is 2.35. The van der Waals surface area contributed by atoms with Crippen molar-refractivity contribution in [3.05, 3.63) is 48.3 Å². The molecule has 0 saturated heterocycles. The number of nitrogens with one attached hydrogen (secondary N) is 1. The van der Waals surface area contributed by atoms with E-state index in [1.54, 1.807) is 50.7 Å². The summed E-state index contributed by atoms with van der Waals surface area (Å²) in [7, 11) is 4.58. The summed E-state index contributed by atoms with van der Waals surface area (Å²) < 4.78 is 21.0. The number of methoxy groups -OCH3 is 3. The standard InChI is InChI=1S/C18H17N3O5/c1-23-11-6-7-15(24-2)12(9-11)16-10-14(21-26-16)17(22)20-13-5-4-8-19-18(13)25-3/h4-10H,1-3H3,(H,20,22). The van der Waals surface area contributed by atoms with Gasteiger partial charge in [-0.2, -0.15) is 0 Å².